The highest BCUT2D eigenvalue weighted by atomic mass is 16.4. The summed E-state index contributed by atoms with van der Waals surface area (Å²) in [5, 5.41) is 29.6. The number of aliphatic hydroxyl groups excluding tert-OH is 2. The lowest BCUT2D eigenvalue weighted by molar-refractivity contribution is -0.106. The number of aryl methyl sites for hydroxylation is 1. The van der Waals surface area contributed by atoms with Crippen molar-refractivity contribution in [3.05, 3.63) is 35.4 Å². The van der Waals surface area contributed by atoms with Crippen molar-refractivity contribution in [2.75, 3.05) is 6.61 Å². The highest BCUT2D eigenvalue weighted by molar-refractivity contribution is 5.32. The van der Waals surface area contributed by atoms with Gasteiger partial charge in [-0.2, -0.15) is 0 Å². The summed E-state index contributed by atoms with van der Waals surface area (Å²) in [6.07, 6.45) is 1.06. The molecule has 0 aliphatic carbocycles. The third kappa shape index (κ3) is 3.06. The Kier molecular flexibility index (Phi) is 5.12. The second kappa shape index (κ2) is 6.15. The molecule has 96 valence electrons. The standard InChI is InChI=1S/C14H22O3/c1-3-4-9-14(17,13(16)10-15)12-8-6-5-7-11(12)2/h5-8,13,15-17H,3-4,9-10H2,1-2H3. The number of unbranched alkanes of at least 4 members (excludes halogenated alkanes) is 1. The van der Waals surface area contributed by atoms with Gasteiger partial charge in [0.25, 0.3) is 0 Å². The molecular formula is C14H22O3. The van der Waals surface area contributed by atoms with Crippen LogP contribution in [0, 0.1) is 6.92 Å². The van der Waals surface area contributed by atoms with E-state index in [9.17, 15) is 10.2 Å². The molecule has 0 radical (unpaired) electrons. The first-order valence-electron chi connectivity index (χ1n) is 6.13. The second-order valence-corrected chi connectivity index (χ2v) is 4.54. The monoisotopic (exact) mass is 238 g/mol. The van der Waals surface area contributed by atoms with Crippen molar-refractivity contribution in [1.29, 1.82) is 0 Å². The van der Waals surface area contributed by atoms with E-state index in [-0.39, 0.29) is 0 Å². The Bertz CT molecular complexity index is 351. The lowest BCUT2D eigenvalue weighted by Gasteiger charge is -2.34. The smallest absolute Gasteiger partial charge is 0.118 e. The molecule has 3 nitrogen and oxygen atoms in total. The molecule has 3 N–H and O–H groups in total. The van der Waals surface area contributed by atoms with Crippen molar-refractivity contribution < 1.29 is 15.3 Å². The molecule has 0 saturated carbocycles. The minimum Gasteiger partial charge on any atom is -0.394 e. The van der Waals surface area contributed by atoms with Gasteiger partial charge >= 0.3 is 0 Å². The average molecular weight is 238 g/mol. The van der Waals surface area contributed by atoms with E-state index < -0.39 is 18.3 Å². The maximum absolute atomic E-state index is 10.7. The Morgan fingerprint density at radius 3 is 2.47 bits per heavy atom. The van der Waals surface area contributed by atoms with Crippen molar-refractivity contribution in [3.63, 3.8) is 0 Å². The second-order valence-electron chi connectivity index (χ2n) is 4.54. The van der Waals surface area contributed by atoms with Crippen molar-refractivity contribution in [3.8, 4) is 0 Å². The Morgan fingerprint density at radius 2 is 1.94 bits per heavy atom. The predicted octanol–water partition coefficient (Wildman–Crippen LogP) is 1.73. The molecule has 0 aromatic heterocycles. The summed E-state index contributed by atoms with van der Waals surface area (Å²) in [6, 6.07) is 7.44. The molecule has 0 aliphatic rings. The first-order valence-corrected chi connectivity index (χ1v) is 6.13. The van der Waals surface area contributed by atoms with Crippen molar-refractivity contribution in [2.45, 2.75) is 44.8 Å². The van der Waals surface area contributed by atoms with Gasteiger partial charge in [0.2, 0.25) is 0 Å². The zero-order valence-electron chi connectivity index (χ0n) is 10.6. The van der Waals surface area contributed by atoms with Crippen LogP contribution in [0.1, 0.15) is 37.3 Å². The Morgan fingerprint density at radius 1 is 1.29 bits per heavy atom. The van der Waals surface area contributed by atoms with E-state index in [1.165, 1.54) is 0 Å². The summed E-state index contributed by atoms with van der Waals surface area (Å²) in [5.74, 6) is 0. The van der Waals surface area contributed by atoms with E-state index in [1.807, 2.05) is 38.1 Å². The minimum atomic E-state index is -1.35. The molecule has 3 heteroatoms. The normalized spacial score (nSPS) is 16.5. The van der Waals surface area contributed by atoms with Crippen molar-refractivity contribution in [2.24, 2.45) is 0 Å². The molecule has 17 heavy (non-hydrogen) atoms. The summed E-state index contributed by atoms with van der Waals surface area (Å²) in [7, 11) is 0. The maximum Gasteiger partial charge on any atom is 0.118 e. The van der Waals surface area contributed by atoms with E-state index in [1.54, 1.807) is 0 Å². The molecule has 0 fully saturated rings. The fourth-order valence-electron chi connectivity index (χ4n) is 2.14. The van der Waals surface area contributed by atoms with Gasteiger partial charge in [0, 0.05) is 0 Å². The van der Waals surface area contributed by atoms with Crippen molar-refractivity contribution >= 4 is 0 Å². The molecule has 0 bridgehead atoms. The molecule has 0 heterocycles. The number of aliphatic hydroxyl groups is 3. The molecule has 0 saturated heterocycles. The summed E-state index contributed by atoms with van der Waals surface area (Å²) >= 11 is 0. The quantitative estimate of drug-likeness (QED) is 0.707. The van der Waals surface area contributed by atoms with Gasteiger partial charge in [0.1, 0.15) is 11.7 Å². The molecule has 0 aliphatic heterocycles. The topological polar surface area (TPSA) is 60.7 Å². The van der Waals surface area contributed by atoms with E-state index in [4.69, 9.17) is 5.11 Å². The van der Waals surface area contributed by atoms with Crippen LogP contribution < -0.4 is 0 Å². The molecule has 2 unspecified atom stereocenters. The number of benzene rings is 1. The molecule has 2 atom stereocenters. The van der Waals surface area contributed by atoms with Crippen LogP contribution in [-0.2, 0) is 5.60 Å². The van der Waals surface area contributed by atoms with Crippen LogP contribution in [0.2, 0.25) is 0 Å². The lowest BCUT2D eigenvalue weighted by Crippen LogP contribution is -2.42. The highest BCUT2D eigenvalue weighted by Gasteiger charge is 2.37. The fraction of sp³-hybridized carbons (Fsp3) is 0.571. The zero-order chi connectivity index (χ0) is 12.9. The van der Waals surface area contributed by atoms with Gasteiger partial charge in [-0.3, -0.25) is 0 Å². The fourth-order valence-corrected chi connectivity index (χ4v) is 2.14. The zero-order valence-corrected chi connectivity index (χ0v) is 10.6. The van der Waals surface area contributed by atoms with Crippen LogP contribution in [0.4, 0.5) is 0 Å². The van der Waals surface area contributed by atoms with Gasteiger partial charge in [-0.05, 0) is 24.5 Å². The largest absolute Gasteiger partial charge is 0.394 e. The van der Waals surface area contributed by atoms with Gasteiger partial charge in [-0.1, -0.05) is 44.0 Å². The van der Waals surface area contributed by atoms with Gasteiger partial charge in [-0.25, -0.2) is 0 Å². The van der Waals surface area contributed by atoms with Crippen LogP contribution in [-0.4, -0.2) is 28.0 Å². The molecule has 1 aromatic rings. The number of hydrogen-bond donors (Lipinski definition) is 3. The summed E-state index contributed by atoms with van der Waals surface area (Å²) in [5.41, 5.74) is 0.282. The third-order valence-electron chi connectivity index (χ3n) is 3.25. The first-order chi connectivity index (χ1) is 8.06. The van der Waals surface area contributed by atoms with Gasteiger partial charge in [-0.15, -0.1) is 0 Å². The van der Waals surface area contributed by atoms with E-state index >= 15 is 0 Å². The molecular weight excluding hydrogens is 216 g/mol. The van der Waals surface area contributed by atoms with E-state index in [2.05, 4.69) is 0 Å². The number of hydrogen-bond acceptors (Lipinski definition) is 3. The Labute approximate surface area is 103 Å². The molecule has 1 rings (SSSR count). The van der Waals surface area contributed by atoms with Crippen LogP contribution in [0.25, 0.3) is 0 Å². The molecule has 1 aromatic carbocycles. The van der Waals surface area contributed by atoms with Crippen LogP contribution in [0.15, 0.2) is 24.3 Å². The van der Waals surface area contributed by atoms with Crippen LogP contribution in [0.5, 0.6) is 0 Å². The maximum atomic E-state index is 10.7. The average Bonchev–Trinajstić information content (AvgIpc) is 2.35. The predicted molar refractivity (Wildman–Crippen MR) is 67.7 cm³/mol. The van der Waals surface area contributed by atoms with E-state index in [0.717, 1.165) is 18.4 Å². The third-order valence-corrected chi connectivity index (χ3v) is 3.25. The molecule has 0 spiro atoms. The Balaban J connectivity index is 3.09. The Hall–Kier alpha value is -0.900. The van der Waals surface area contributed by atoms with Crippen LogP contribution >= 0.6 is 0 Å². The summed E-state index contributed by atoms with van der Waals surface area (Å²) in [6.45, 7) is 3.49. The van der Waals surface area contributed by atoms with Crippen molar-refractivity contribution in [1.82, 2.24) is 0 Å². The van der Waals surface area contributed by atoms with Gasteiger partial charge in [0.15, 0.2) is 0 Å². The molecule has 0 amide bonds. The highest BCUT2D eigenvalue weighted by Crippen LogP contribution is 2.32. The SMILES string of the molecule is CCCCC(O)(c1ccccc1C)C(O)CO. The number of rotatable bonds is 6. The minimum absolute atomic E-state index is 0.436. The van der Waals surface area contributed by atoms with E-state index in [0.29, 0.717) is 12.0 Å². The summed E-state index contributed by atoms with van der Waals surface area (Å²) in [4.78, 5) is 0. The van der Waals surface area contributed by atoms with Gasteiger partial charge < -0.3 is 15.3 Å². The summed E-state index contributed by atoms with van der Waals surface area (Å²) < 4.78 is 0. The lowest BCUT2D eigenvalue weighted by atomic mass is 9.81. The van der Waals surface area contributed by atoms with Gasteiger partial charge in [0.05, 0.1) is 6.61 Å². The first kappa shape index (κ1) is 14.2. The van der Waals surface area contributed by atoms with Crippen LogP contribution in [0.3, 0.4) is 0 Å².